The fraction of sp³-hybridized carbons (Fsp3) is 0.600. The number of rotatable bonds is 5. The number of carbonyl (C=O) groups excluding carboxylic acids is 1. The summed E-state index contributed by atoms with van der Waals surface area (Å²) in [5.74, 6) is 0. The van der Waals surface area contributed by atoms with Gasteiger partial charge in [0.2, 0.25) is 0 Å². The number of amides is 1. The standard InChI is InChI=1S/C15H24N2O4/c1-10-7-11(9-16-8-10)13(19)12(18)5-6-17-14(20)21-15(2,3)4/h7-9,12-13,18-19H,5-6H2,1-4H3,(H,17,20). The number of nitrogens with zero attached hydrogens (tertiary/aromatic N) is 1. The predicted octanol–water partition coefficient (Wildman–Crippen LogP) is 1.70. The van der Waals surface area contributed by atoms with E-state index in [2.05, 4.69) is 10.3 Å². The average Bonchev–Trinajstić information content (AvgIpc) is 2.35. The van der Waals surface area contributed by atoms with Crippen LogP contribution in [0.5, 0.6) is 0 Å². The van der Waals surface area contributed by atoms with Crippen LogP contribution in [0.25, 0.3) is 0 Å². The molecule has 3 N–H and O–H groups in total. The zero-order chi connectivity index (χ0) is 16.0. The third-order valence-corrected chi connectivity index (χ3v) is 2.71. The van der Waals surface area contributed by atoms with E-state index in [4.69, 9.17) is 4.74 Å². The topological polar surface area (TPSA) is 91.7 Å². The molecule has 0 fully saturated rings. The maximum absolute atomic E-state index is 11.4. The molecular weight excluding hydrogens is 272 g/mol. The Morgan fingerprint density at radius 1 is 1.38 bits per heavy atom. The van der Waals surface area contributed by atoms with Crippen molar-refractivity contribution in [3.8, 4) is 0 Å². The summed E-state index contributed by atoms with van der Waals surface area (Å²) < 4.78 is 5.08. The van der Waals surface area contributed by atoms with Crippen LogP contribution in [-0.2, 0) is 4.74 Å². The molecule has 1 aromatic heterocycles. The largest absolute Gasteiger partial charge is 0.444 e. The molecule has 1 rings (SSSR count). The highest BCUT2D eigenvalue weighted by Gasteiger charge is 2.20. The molecule has 0 radical (unpaired) electrons. The molecule has 21 heavy (non-hydrogen) atoms. The fourth-order valence-corrected chi connectivity index (χ4v) is 1.76. The van der Waals surface area contributed by atoms with Crippen molar-refractivity contribution in [3.63, 3.8) is 0 Å². The molecule has 6 heteroatoms. The molecule has 0 aliphatic heterocycles. The monoisotopic (exact) mass is 296 g/mol. The molecule has 0 aromatic carbocycles. The minimum Gasteiger partial charge on any atom is -0.444 e. The molecule has 2 atom stereocenters. The Hall–Kier alpha value is -1.66. The lowest BCUT2D eigenvalue weighted by Crippen LogP contribution is -2.34. The van der Waals surface area contributed by atoms with Crippen molar-refractivity contribution in [2.75, 3.05) is 6.54 Å². The molecule has 0 saturated heterocycles. The van der Waals surface area contributed by atoms with Crippen LogP contribution in [0.1, 0.15) is 44.4 Å². The molecule has 0 aliphatic rings. The molecule has 0 aliphatic carbocycles. The molecule has 1 heterocycles. The number of alkyl carbamates (subject to hydrolysis) is 1. The molecule has 2 unspecified atom stereocenters. The second-order valence-electron chi connectivity index (χ2n) is 6.03. The van der Waals surface area contributed by atoms with Crippen LogP contribution in [0.3, 0.4) is 0 Å². The van der Waals surface area contributed by atoms with Crippen LogP contribution < -0.4 is 5.32 Å². The highest BCUT2D eigenvalue weighted by atomic mass is 16.6. The van der Waals surface area contributed by atoms with Crippen LogP contribution in [-0.4, -0.2) is 39.5 Å². The number of pyridine rings is 1. The molecule has 6 nitrogen and oxygen atoms in total. The summed E-state index contributed by atoms with van der Waals surface area (Å²) in [5, 5.41) is 22.5. The molecule has 118 valence electrons. The Bertz CT molecular complexity index is 471. The van der Waals surface area contributed by atoms with Gasteiger partial charge in [-0.1, -0.05) is 6.07 Å². The van der Waals surface area contributed by atoms with E-state index in [-0.39, 0.29) is 13.0 Å². The van der Waals surface area contributed by atoms with Gasteiger partial charge < -0.3 is 20.3 Å². The zero-order valence-corrected chi connectivity index (χ0v) is 13.0. The number of nitrogens with one attached hydrogen (secondary N) is 1. The Balaban J connectivity index is 2.40. The highest BCUT2D eigenvalue weighted by molar-refractivity contribution is 5.67. The Morgan fingerprint density at radius 2 is 2.05 bits per heavy atom. The highest BCUT2D eigenvalue weighted by Crippen LogP contribution is 2.18. The normalized spacial score (nSPS) is 14.4. The van der Waals surface area contributed by atoms with Crippen molar-refractivity contribution >= 4 is 6.09 Å². The zero-order valence-electron chi connectivity index (χ0n) is 13.0. The van der Waals surface area contributed by atoms with E-state index < -0.39 is 23.9 Å². The maximum Gasteiger partial charge on any atom is 0.407 e. The van der Waals surface area contributed by atoms with E-state index in [0.29, 0.717) is 5.56 Å². The smallest absolute Gasteiger partial charge is 0.407 e. The lowest BCUT2D eigenvalue weighted by Gasteiger charge is -2.21. The minimum atomic E-state index is -1.03. The fourth-order valence-electron chi connectivity index (χ4n) is 1.76. The van der Waals surface area contributed by atoms with E-state index in [1.165, 1.54) is 6.20 Å². The van der Waals surface area contributed by atoms with Crippen molar-refractivity contribution in [2.45, 2.75) is 51.9 Å². The van der Waals surface area contributed by atoms with Crippen LogP contribution in [0, 0.1) is 6.92 Å². The van der Waals surface area contributed by atoms with Crippen molar-refractivity contribution in [1.82, 2.24) is 10.3 Å². The average molecular weight is 296 g/mol. The van der Waals surface area contributed by atoms with Gasteiger partial charge in [0.1, 0.15) is 11.7 Å². The lowest BCUT2D eigenvalue weighted by atomic mass is 10.0. The quantitative estimate of drug-likeness (QED) is 0.769. The van der Waals surface area contributed by atoms with Gasteiger partial charge in [-0.15, -0.1) is 0 Å². The van der Waals surface area contributed by atoms with Gasteiger partial charge in [0, 0.05) is 24.5 Å². The Labute approximate surface area is 125 Å². The van der Waals surface area contributed by atoms with E-state index >= 15 is 0 Å². The molecule has 1 amide bonds. The number of aliphatic hydroxyl groups is 2. The SMILES string of the molecule is Cc1cncc(C(O)C(O)CCNC(=O)OC(C)(C)C)c1. The molecule has 0 saturated carbocycles. The first-order valence-corrected chi connectivity index (χ1v) is 6.93. The van der Waals surface area contributed by atoms with Gasteiger partial charge in [0.15, 0.2) is 0 Å². The Morgan fingerprint density at radius 3 is 2.62 bits per heavy atom. The number of hydrogen-bond donors (Lipinski definition) is 3. The second-order valence-corrected chi connectivity index (χ2v) is 6.03. The number of ether oxygens (including phenoxy) is 1. The summed E-state index contributed by atoms with van der Waals surface area (Å²) in [5.41, 5.74) is 0.903. The lowest BCUT2D eigenvalue weighted by molar-refractivity contribution is 0.0121. The van der Waals surface area contributed by atoms with Gasteiger partial charge in [0.25, 0.3) is 0 Å². The summed E-state index contributed by atoms with van der Waals surface area (Å²) in [4.78, 5) is 15.4. The molecule has 0 spiro atoms. The van der Waals surface area contributed by atoms with Gasteiger partial charge in [0.05, 0.1) is 6.10 Å². The number of aryl methyl sites for hydroxylation is 1. The number of aliphatic hydroxyl groups excluding tert-OH is 2. The summed E-state index contributed by atoms with van der Waals surface area (Å²) in [6.45, 7) is 7.40. The molecule has 0 bridgehead atoms. The van der Waals surface area contributed by atoms with Crippen LogP contribution in [0.15, 0.2) is 18.5 Å². The number of hydrogen-bond acceptors (Lipinski definition) is 5. The van der Waals surface area contributed by atoms with Crippen molar-refractivity contribution < 1.29 is 19.7 Å². The van der Waals surface area contributed by atoms with Gasteiger partial charge in [-0.05, 0) is 39.7 Å². The second kappa shape index (κ2) is 7.38. The first-order chi connectivity index (χ1) is 9.69. The minimum absolute atomic E-state index is 0.215. The van der Waals surface area contributed by atoms with Crippen molar-refractivity contribution in [3.05, 3.63) is 29.6 Å². The number of carbonyl (C=O) groups is 1. The Kier molecular flexibility index (Phi) is 6.11. The van der Waals surface area contributed by atoms with Crippen LogP contribution >= 0.6 is 0 Å². The van der Waals surface area contributed by atoms with Crippen molar-refractivity contribution in [1.29, 1.82) is 0 Å². The molecule has 1 aromatic rings. The summed E-state index contributed by atoms with van der Waals surface area (Å²) >= 11 is 0. The summed E-state index contributed by atoms with van der Waals surface area (Å²) in [6.07, 6.45) is 0.853. The van der Waals surface area contributed by atoms with Gasteiger partial charge >= 0.3 is 6.09 Å². The first kappa shape index (κ1) is 17.4. The predicted molar refractivity (Wildman–Crippen MR) is 78.8 cm³/mol. The first-order valence-electron chi connectivity index (χ1n) is 6.93. The van der Waals surface area contributed by atoms with Gasteiger partial charge in [-0.25, -0.2) is 4.79 Å². The van der Waals surface area contributed by atoms with Gasteiger partial charge in [-0.2, -0.15) is 0 Å². The van der Waals surface area contributed by atoms with E-state index in [1.807, 2.05) is 6.92 Å². The van der Waals surface area contributed by atoms with E-state index in [0.717, 1.165) is 5.56 Å². The van der Waals surface area contributed by atoms with Gasteiger partial charge in [-0.3, -0.25) is 4.98 Å². The van der Waals surface area contributed by atoms with Crippen molar-refractivity contribution in [2.24, 2.45) is 0 Å². The van der Waals surface area contributed by atoms with Crippen LogP contribution in [0.4, 0.5) is 4.79 Å². The van der Waals surface area contributed by atoms with E-state index in [9.17, 15) is 15.0 Å². The number of aromatic nitrogens is 1. The van der Waals surface area contributed by atoms with E-state index in [1.54, 1.807) is 33.0 Å². The third-order valence-electron chi connectivity index (χ3n) is 2.71. The maximum atomic E-state index is 11.4. The summed E-state index contributed by atoms with van der Waals surface area (Å²) in [6, 6.07) is 1.77. The van der Waals surface area contributed by atoms with Crippen LogP contribution in [0.2, 0.25) is 0 Å². The molecular formula is C15H24N2O4. The summed E-state index contributed by atoms with van der Waals surface area (Å²) in [7, 11) is 0. The third kappa shape index (κ3) is 6.55.